The van der Waals surface area contributed by atoms with E-state index in [9.17, 15) is 4.79 Å². The molecule has 0 radical (unpaired) electrons. The highest BCUT2D eigenvalue weighted by Crippen LogP contribution is 2.34. The van der Waals surface area contributed by atoms with Crippen molar-refractivity contribution in [3.8, 4) is 0 Å². The molecule has 100 valence electrons. The van der Waals surface area contributed by atoms with Gasteiger partial charge >= 0.3 is 0 Å². The summed E-state index contributed by atoms with van der Waals surface area (Å²) in [7, 11) is 0. The Morgan fingerprint density at radius 1 is 1.42 bits per heavy atom. The molecule has 0 saturated heterocycles. The van der Waals surface area contributed by atoms with Crippen LogP contribution >= 0.6 is 11.3 Å². The monoisotopic (exact) mass is 276 g/mol. The number of anilines is 2. The quantitative estimate of drug-likeness (QED) is 0.934. The number of hydrogen-bond donors (Lipinski definition) is 1. The predicted molar refractivity (Wildman–Crippen MR) is 76.9 cm³/mol. The number of benzene rings is 1. The Morgan fingerprint density at radius 3 is 2.74 bits per heavy atom. The van der Waals surface area contributed by atoms with Gasteiger partial charge in [0.15, 0.2) is 0 Å². The Kier molecular flexibility index (Phi) is 4.29. The van der Waals surface area contributed by atoms with Crippen molar-refractivity contribution in [3.05, 3.63) is 41.0 Å². The van der Waals surface area contributed by atoms with Crippen molar-refractivity contribution < 1.29 is 9.90 Å². The maximum absolute atomic E-state index is 12.0. The van der Waals surface area contributed by atoms with Crippen molar-refractivity contribution in [1.29, 1.82) is 0 Å². The van der Waals surface area contributed by atoms with Gasteiger partial charge in [-0.15, -0.1) is 11.3 Å². The molecule has 1 heterocycles. The summed E-state index contributed by atoms with van der Waals surface area (Å²) in [4.78, 5) is 17.9. The first-order valence-electron chi connectivity index (χ1n) is 6.04. The van der Waals surface area contributed by atoms with Crippen LogP contribution in [-0.4, -0.2) is 22.6 Å². The molecule has 1 aromatic carbocycles. The van der Waals surface area contributed by atoms with Crippen LogP contribution < -0.4 is 4.90 Å². The predicted octanol–water partition coefficient (Wildman–Crippen LogP) is 2.67. The van der Waals surface area contributed by atoms with Crippen LogP contribution in [0.4, 0.5) is 10.7 Å². The highest BCUT2D eigenvalue weighted by atomic mass is 32.1. The Morgan fingerprint density at radius 2 is 2.16 bits per heavy atom. The Balaban J connectivity index is 2.52. The van der Waals surface area contributed by atoms with E-state index < -0.39 is 0 Å². The molecular formula is C14H16N2O2S. The lowest BCUT2D eigenvalue weighted by Crippen LogP contribution is -2.24. The van der Waals surface area contributed by atoms with Gasteiger partial charge in [0.2, 0.25) is 5.91 Å². The summed E-state index contributed by atoms with van der Waals surface area (Å²) in [6.45, 7) is 3.48. The van der Waals surface area contributed by atoms with Crippen LogP contribution in [0.3, 0.4) is 0 Å². The van der Waals surface area contributed by atoms with Crippen molar-refractivity contribution in [2.24, 2.45) is 0 Å². The van der Waals surface area contributed by atoms with Crippen LogP contribution in [0.2, 0.25) is 0 Å². The van der Waals surface area contributed by atoms with E-state index in [1.807, 2.05) is 31.2 Å². The number of carbonyl (C=O) groups excluding carboxylic acids is 1. The van der Waals surface area contributed by atoms with Crippen molar-refractivity contribution in [1.82, 2.24) is 4.98 Å². The number of aryl methyl sites for hydroxylation is 1. The van der Waals surface area contributed by atoms with Gasteiger partial charge in [0, 0.05) is 13.5 Å². The zero-order valence-corrected chi connectivity index (χ0v) is 11.8. The van der Waals surface area contributed by atoms with E-state index in [1.165, 1.54) is 18.3 Å². The molecular weight excluding hydrogens is 260 g/mol. The van der Waals surface area contributed by atoms with Gasteiger partial charge in [0.05, 0.1) is 16.9 Å². The molecule has 0 aliphatic heterocycles. The number of nitrogens with zero attached hydrogens (tertiary/aromatic N) is 2. The average molecular weight is 276 g/mol. The molecule has 0 atom stereocenters. The number of thiazole rings is 1. The third-order valence-electron chi connectivity index (χ3n) is 2.85. The van der Waals surface area contributed by atoms with Crippen molar-refractivity contribution in [2.75, 3.05) is 11.5 Å². The van der Waals surface area contributed by atoms with Gasteiger partial charge in [-0.05, 0) is 25.0 Å². The number of rotatable bonds is 4. The lowest BCUT2D eigenvalue weighted by Gasteiger charge is -2.22. The molecule has 0 aliphatic rings. The minimum Gasteiger partial charge on any atom is -0.396 e. The molecule has 2 rings (SSSR count). The first-order valence-corrected chi connectivity index (χ1v) is 6.92. The zero-order chi connectivity index (χ0) is 13.8. The van der Waals surface area contributed by atoms with E-state index in [2.05, 4.69) is 4.98 Å². The second kappa shape index (κ2) is 5.95. The van der Waals surface area contributed by atoms with Gasteiger partial charge in [0.1, 0.15) is 5.00 Å². The Bertz CT molecular complexity index is 580. The summed E-state index contributed by atoms with van der Waals surface area (Å²) >= 11 is 1.44. The summed E-state index contributed by atoms with van der Waals surface area (Å²) in [5.41, 5.74) is 4.33. The standard InChI is InChI=1S/C14H16N2O2S/c1-10-14(19-9-15-10)16(11(2)18)13-6-4-3-5-12(13)7-8-17/h3-6,9,17H,7-8H2,1-2H3. The normalized spacial score (nSPS) is 10.5. The molecule has 1 aromatic heterocycles. The fourth-order valence-corrected chi connectivity index (χ4v) is 2.86. The van der Waals surface area contributed by atoms with Gasteiger partial charge in [-0.2, -0.15) is 0 Å². The minimum absolute atomic E-state index is 0.0576. The number of para-hydroxylation sites is 1. The number of amides is 1. The van der Waals surface area contributed by atoms with Crippen LogP contribution in [0.1, 0.15) is 18.2 Å². The Labute approximate surface area is 116 Å². The molecule has 0 spiro atoms. The SMILES string of the molecule is CC(=O)N(c1ccccc1CCO)c1scnc1C. The molecule has 0 fully saturated rings. The molecule has 1 N–H and O–H groups in total. The largest absolute Gasteiger partial charge is 0.396 e. The molecule has 0 unspecified atom stereocenters. The average Bonchev–Trinajstić information content (AvgIpc) is 2.78. The zero-order valence-electron chi connectivity index (χ0n) is 11.0. The molecule has 0 saturated carbocycles. The lowest BCUT2D eigenvalue weighted by molar-refractivity contribution is -0.115. The van der Waals surface area contributed by atoms with Gasteiger partial charge in [-0.3, -0.25) is 9.69 Å². The summed E-state index contributed by atoms with van der Waals surface area (Å²) in [5.74, 6) is -0.0576. The van der Waals surface area contributed by atoms with Crippen LogP contribution in [0.25, 0.3) is 0 Å². The van der Waals surface area contributed by atoms with Gasteiger partial charge in [-0.25, -0.2) is 4.98 Å². The number of aliphatic hydroxyl groups excluding tert-OH is 1. The summed E-state index contributed by atoms with van der Waals surface area (Å²) in [5, 5.41) is 9.97. The molecule has 5 heteroatoms. The summed E-state index contributed by atoms with van der Waals surface area (Å²) < 4.78 is 0. The van der Waals surface area contributed by atoms with Crippen molar-refractivity contribution in [2.45, 2.75) is 20.3 Å². The van der Waals surface area contributed by atoms with Gasteiger partial charge < -0.3 is 5.11 Å². The van der Waals surface area contributed by atoms with E-state index in [0.717, 1.165) is 21.9 Å². The van der Waals surface area contributed by atoms with Crippen molar-refractivity contribution in [3.63, 3.8) is 0 Å². The number of aliphatic hydroxyl groups is 1. The highest BCUT2D eigenvalue weighted by Gasteiger charge is 2.20. The molecule has 2 aromatic rings. The van der Waals surface area contributed by atoms with Crippen LogP contribution in [0, 0.1) is 6.92 Å². The van der Waals surface area contributed by atoms with Crippen LogP contribution in [-0.2, 0) is 11.2 Å². The maximum Gasteiger partial charge on any atom is 0.229 e. The molecule has 4 nitrogen and oxygen atoms in total. The second-order valence-electron chi connectivity index (χ2n) is 4.20. The first kappa shape index (κ1) is 13.7. The van der Waals surface area contributed by atoms with E-state index in [0.29, 0.717) is 6.42 Å². The second-order valence-corrected chi connectivity index (χ2v) is 5.03. The van der Waals surface area contributed by atoms with Gasteiger partial charge in [-0.1, -0.05) is 18.2 Å². The molecule has 1 amide bonds. The fraction of sp³-hybridized carbons (Fsp3) is 0.286. The number of hydrogen-bond acceptors (Lipinski definition) is 4. The summed E-state index contributed by atoms with van der Waals surface area (Å²) in [6, 6.07) is 7.62. The van der Waals surface area contributed by atoms with Crippen molar-refractivity contribution >= 4 is 27.9 Å². The van der Waals surface area contributed by atoms with E-state index in [-0.39, 0.29) is 12.5 Å². The van der Waals surface area contributed by atoms with E-state index in [1.54, 1.807) is 10.4 Å². The fourth-order valence-electron chi connectivity index (χ4n) is 1.99. The topological polar surface area (TPSA) is 53.4 Å². The highest BCUT2D eigenvalue weighted by molar-refractivity contribution is 7.14. The first-order chi connectivity index (χ1) is 9.15. The smallest absolute Gasteiger partial charge is 0.229 e. The van der Waals surface area contributed by atoms with Crippen LogP contribution in [0.15, 0.2) is 29.8 Å². The maximum atomic E-state index is 12.0. The third kappa shape index (κ3) is 2.83. The van der Waals surface area contributed by atoms with Crippen LogP contribution in [0.5, 0.6) is 0 Å². The van der Waals surface area contributed by atoms with Gasteiger partial charge in [0.25, 0.3) is 0 Å². The number of carbonyl (C=O) groups is 1. The minimum atomic E-state index is -0.0576. The van der Waals surface area contributed by atoms with E-state index >= 15 is 0 Å². The summed E-state index contributed by atoms with van der Waals surface area (Å²) in [6.07, 6.45) is 0.526. The third-order valence-corrected chi connectivity index (χ3v) is 3.76. The molecule has 19 heavy (non-hydrogen) atoms. The lowest BCUT2D eigenvalue weighted by atomic mass is 10.1. The van der Waals surface area contributed by atoms with E-state index in [4.69, 9.17) is 5.11 Å². The Hall–Kier alpha value is -1.72. The molecule has 0 bridgehead atoms. The number of aromatic nitrogens is 1. The molecule has 0 aliphatic carbocycles.